The lowest BCUT2D eigenvalue weighted by Crippen LogP contribution is -2.45. The summed E-state index contributed by atoms with van der Waals surface area (Å²) < 4.78 is 5.50. The first-order valence-electron chi connectivity index (χ1n) is 8.94. The van der Waals surface area contributed by atoms with Crippen LogP contribution >= 0.6 is 0 Å². The third kappa shape index (κ3) is 1.83. The largest absolute Gasteiger partial charge is 0.497 e. The van der Waals surface area contributed by atoms with E-state index in [-0.39, 0.29) is 17.5 Å². The molecule has 2 atom stereocenters. The molecule has 3 heterocycles. The van der Waals surface area contributed by atoms with Crippen LogP contribution in [0.4, 0.5) is 5.69 Å². The Hall–Kier alpha value is -2.95. The Bertz CT molecular complexity index is 1030. The second-order valence-electron chi connectivity index (χ2n) is 7.14. The number of benzene rings is 2. The Morgan fingerprint density at radius 1 is 1.23 bits per heavy atom. The molecule has 0 spiro atoms. The Morgan fingerprint density at radius 3 is 2.88 bits per heavy atom. The second kappa shape index (κ2) is 5.27. The maximum atomic E-state index is 12.3. The van der Waals surface area contributed by atoms with Gasteiger partial charge >= 0.3 is 0 Å². The zero-order valence-corrected chi connectivity index (χ0v) is 14.9. The van der Waals surface area contributed by atoms with Gasteiger partial charge in [0.2, 0.25) is 5.91 Å². The van der Waals surface area contributed by atoms with Gasteiger partial charge in [0.25, 0.3) is 0 Å². The van der Waals surface area contributed by atoms with Gasteiger partial charge < -0.3 is 19.9 Å². The summed E-state index contributed by atoms with van der Waals surface area (Å²) >= 11 is 0. The molecule has 0 bridgehead atoms. The first-order valence-corrected chi connectivity index (χ1v) is 8.94. The van der Waals surface area contributed by atoms with Crippen molar-refractivity contribution in [3.63, 3.8) is 0 Å². The molecule has 2 aromatic carbocycles. The minimum atomic E-state index is -0.283. The number of amides is 1. The van der Waals surface area contributed by atoms with Gasteiger partial charge in [-0.2, -0.15) is 0 Å². The molecule has 1 amide bonds. The quantitative estimate of drug-likeness (QED) is 0.746. The summed E-state index contributed by atoms with van der Waals surface area (Å²) in [4.78, 5) is 17.7. The van der Waals surface area contributed by atoms with Crippen molar-refractivity contribution in [1.29, 1.82) is 0 Å². The van der Waals surface area contributed by atoms with Gasteiger partial charge in [-0.05, 0) is 41.8 Å². The highest BCUT2D eigenvalue weighted by molar-refractivity contribution is 5.88. The lowest BCUT2D eigenvalue weighted by Gasteiger charge is -2.32. The van der Waals surface area contributed by atoms with E-state index in [2.05, 4.69) is 46.8 Å². The molecule has 1 aromatic heterocycles. The fourth-order valence-corrected chi connectivity index (χ4v) is 4.81. The number of carbonyl (C=O) groups is 1. The summed E-state index contributed by atoms with van der Waals surface area (Å²) in [6.07, 6.45) is 2.91. The van der Waals surface area contributed by atoms with E-state index < -0.39 is 0 Å². The van der Waals surface area contributed by atoms with Crippen LogP contribution in [0.3, 0.4) is 0 Å². The maximum Gasteiger partial charge on any atom is 0.221 e. The zero-order chi connectivity index (χ0) is 17.9. The smallest absolute Gasteiger partial charge is 0.221 e. The average Bonchev–Trinajstić information content (AvgIpc) is 3.31. The number of aromatic nitrogens is 1. The highest BCUT2D eigenvalue weighted by Crippen LogP contribution is 2.54. The Kier molecular flexibility index (Phi) is 3.11. The summed E-state index contributed by atoms with van der Waals surface area (Å²) in [6, 6.07) is 14.5. The normalized spacial score (nSPS) is 23.6. The molecular weight excluding hydrogens is 326 g/mol. The third-order valence-electron chi connectivity index (χ3n) is 6.00. The van der Waals surface area contributed by atoms with Crippen molar-refractivity contribution in [2.24, 2.45) is 0 Å². The summed E-state index contributed by atoms with van der Waals surface area (Å²) in [6.45, 7) is 2.39. The van der Waals surface area contributed by atoms with E-state index in [9.17, 15) is 4.79 Å². The number of H-pyrrole nitrogens is 1. The number of fused-ring (bicyclic) bond motifs is 4. The second-order valence-corrected chi connectivity index (χ2v) is 7.14. The number of hydrogen-bond acceptors (Lipinski definition) is 3. The summed E-state index contributed by atoms with van der Waals surface area (Å²) in [7, 11) is 1.69. The number of ether oxygens (including phenoxy) is 1. The van der Waals surface area contributed by atoms with Crippen LogP contribution in [0.5, 0.6) is 5.75 Å². The standard InChI is InChI=1S/C21H21N3O2/c1-13(25)24-10-9-21(17-12-22-18-6-4-3-5-15(17)18)16-11-14(26-2)7-8-19(16)23-20(21)24/h3-8,11-12,20,22-23H,9-10H2,1-2H3/t20-,21-/m1/s1. The van der Waals surface area contributed by atoms with Crippen molar-refractivity contribution in [2.75, 3.05) is 19.0 Å². The van der Waals surface area contributed by atoms with Crippen molar-refractivity contribution >= 4 is 22.5 Å². The number of anilines is 1. The van der Waals surface area contributed by atoms with Gasteiger partial charge in [0.05, 0.1) is 12.5 Å². The zero-order valence-electron chi connectivity index (χ0n) is 14.9. The predicted molar refractivity (Wildman–Crippen MR) is 101 cm³/mol. The molecule has 5 nitrogen and oxygen atoms in total. The van der Waals surface area contributed by atoms with Crippen molar-refractivity contribution in [3.8, 4) is 5.75 Å². The number of nitrogens with zero attached hydrogens (tertiary/aromatic N) is 1. The van der Waals surface area contributed by atoms with Crippen molar-refractivity contribution < 1.29 is 9.53 Å². The molecule has 132 valence electrons. The van der Waals surface area contributed by atoms with Crippen LogP contribution in [-0.2, 0) is 10.2 Å². The van der Waals surface area contributed by atoms with E-state index in [1.807, 2.05) is 17.0 Å². The molecular formula is C21H21N3O2. The summed E-state index contributed by atoms with van der Waals surface area (Å²) in [5, 5.41) is 4.82. The van der Waals surface area contributed by atoms with E-state index in [4.69, 9.17) is 4.74 Å². The van der Waals surface area contributed by atoms with Crippen molar-refractivity contribution in [1.82, 2.24) is 9.88 Å². The van der Waals surface area contributed by atoms with Crippen molar-refractivity contribution in [2.45, 2.75) is 24.9 Å². The van der Waals surface area contributed by atoms with Gasteiger partial charge in [-0.15, -0.1) is 0 Å². The monoisotopic (exact) mass is 347 g/mol. The Morgan fingerprint density at radius 2 is 2.08 bits per heavy atom. The van der Waals surface area contributed by atoms with Crippen LogP contribution in [-0.4, -0.2) is 35.6 Å². The average molecular weight is 347 g/mol. The summed E-state index contributed by atoms with van der Waals surface area (Å²) in [5.74, 6) is 0.940. The maximum absolute atomic E-state index is 12.3. The van der Waals surface area contributed by atoms with Crippen LogP contribution < -0.4 is 10.1 Å². The van der Waals surface area contributed by atoms with Gasteiger partial charge in [-0.1, -0.05) is 18.2 Å². The molecule has 3 aromatic rings. The number of methoxy groups -OCH3 is 1. The third-order valence-corrected chi connectivity index (χ3v) is 6.00. The molecule has 5 heteroatoms. The summed E-state index contributed by atoms with van der Waals surface area (Å²) in [5.41, 5.74) is 4.35. The minimum Gasteiger partial charge on any atom is -0.497 e. The topological polar surface area (TPSA) is 57.4 Å². The number of aromatic amines is 1. The molecule has 2 aliphatic rings. The number of rotatable bonds is 2. The number of nitrogens with one attached hydrogen (secondary N) is 2. The fraction of sp³-hybridized carbons (Fsp3) is 0.286. The Labute approximate surface area is 152 Å². The van der Waals surface area contributed by atoms with Gasteiger partial charge in [0.15, 0.2) is 0 Å². The van der Waals surface area contributed by atoms with E-state index in [1.54, 1.807) is 14.0 Å². The van der Waals surface area contributed by atoms with Crippen LogP contribution in [0.25, 0.3) is 10.9 Å². The molecule has 0 saturated carbocycles. The minimum absolute atomic E-state index is 0.0821. The molecule has 0 unspecified atom stereocenters. The van der Waals surface area contributed by atoms with Gasteiger partial charge in [0.1, 0.15) is 11.9 Å². The van der Waals surface area contributed by atoms with Crippen molar-refractivity contribution in [3.05, 3.63) is 59.8 Å². The van der Waals surface area contributed by atoms with E-state index >= 15 is 0 Å². The van der Waals surface area contributed by atoms with E-state index in [1.165, 1.54) is 16.5 Å². The molecule has 2 N–H and O–H groups in total. The first-order chi connectivity index (χ1) is 12.6. The number of para-hydroxylation sites is 1. The number of likely N-dealkylation sites (tertiary alicyclic amines) is 1. The molecule has 0 radical (unpaired) electrons. The lowest BCUT2D eigenvalue weighted by molar-refractivity contribution is -0.129. The van der Waals surface area contributed by atoms with E-state index in [0.717, 1.165) is 29.9 Å². The predicted octanol–water partition coefficient (Wildman–Crippen LogP) is 3.47. The van der Waals surface area contributed by atoms with Crippen LogP contribution in [0.1, 0.15) is 24.5 Å². The van der Waals surface area contributed by atoms with Gasteiger partial charge in [-0.25, -0.2) is 0 Å². The highest BCUT2D eigenvalue weighted by atomic mass is 16.5. The lowest BCUT2D eigenvalue weighted by atomic mass is 9.73. The number of carbonyl (C=O) groups excluding carboxylic acids is 1. The molecule has 26 heavy (non-hydrogen) atoms. The highest BCUT2D eigenvalue weighted by Gasteiger charge is 2.56. The van der Waals surface area contributed by atoms with Crippen LogP contribution in [0, 0.1) is 0 Å². The first kappa shape index (κ1) is 15.3. The Balaban J connectivity index is 1.79. The molecule has 2 aliphatic heterocycles. The van der Waals surface area contributed by atoms with Gasteiger partial charge in [-0.3, -0.25) is 4.79 Å². The van der Waals surface area contributed by atoms with E-state index in [0.29, 0.717) is 0 Å². The SMILES string of the molecule is COc1ccc2c(c1)[C@@]1(c3c[nH]c4ccccc34)CCN(C(C)=O)[C@H]1N2. The van der Waals surface area contributed by atoms with Crippen LogP contribution in [0.2, 0.25) is 0 Å². The van der Waals surface area contributed by atoms with Gasteiger partial charge in [0, 0.05) is 36.3 Å². The molecule has 5 rings (SSSR count). The van der Waals surface area contributed by atoms with Crippen LogP contribution in [0.15, 0.2) is 48.7 Å². The molecule has 1 saturated heterocycles. The number of hydrogen-bond donors (Lipinski definition) is 2. The molecule has 0 aliphatic carbocycles. The molecule has 1 fully saturated rings. The fourth-order valence-electron chi connectivity index (χ4n) is 4.81.